The number of aryl methyl sites for hydroxylation is 1. The molecular formula is C19H26N4O2. The largest absolute Gasteiger partial charge is 0.353 e. The SMILES string of the molecule is Cc1nn(CC(=O)NCCN2CCC(C)CC2)c(=O)c2ccccc12. The fourth-order valence-corrected chi connectivity index (χ4v) is 3.34. The zero-order valence-electron chi connectivity index (χ0n) is 15.0. The van der Waals surface area contributed by atoms with Crippen LogP contribution in [0.3, 0.4) is 0 Å². The van der Waals surface area contributed by atoms with Gasteiger partial charge in [-0.15, -0.1) is 0 Å². The van der Waals surface area contributed by atoms with E-state index in [0.29, 0.717) is 11.9 Å². The molecule has 0 atom stereocenters. The highest BCUT2D eigenvalue weighted by atomic mass is 16.2. The molecule has 25 heavy (non-hydrogen) atoms. The number of benzene rings is 1. The lowest BCUT2D eigenvalue weighted by atomic mass is 9.99. The van der Waals surface area contributed by atoms with Crippen LogP contribution in [0.2, 0.25) is 0 Å². The summed E-state index contributed by atoms with van der Waals surface area (Å²) >= 11 is 0. The van der Waals surface area contributed by atoms with Crippen LogP contribution in [0.25, 0.3) is 10.8 Å². The maximum Gasteiger partial charge on any atom is 0.275 e. The van der Waals surface area contributed by atoms with Crippen molar-refractivity contribution in [2.45, 2.75) is 33.2 Å². The number of nitrogens with one attached hydrogen (secondary N) is 1. The van der Waals surface area contributed by atoms with Gasteiger partial charge in [0.15, 0.2) is 0 Å². The number of rotatable bonds is 5. The zero-order valence-corrected chi connectivity index (χ0v) is 15.0. The van der Waals surface area contributed by atoms with Crippen LogP contribution < -0.4 is 10.9 Å². The highest BCUT2D eigenvalue weighted by Crippen LogP contribution is 2.15. The summed E-state index contributed by atoms with van der Waals surface area (Å²) in [5.41, 5.74) is 0.534. The van der Waals surface area contributed by atoms with E-state index >= 15 is 0 Å². The van der Waals surface area contributed by atoms with Gasteiger partial charge in [-0.05, 0) is 44.8 Å². The van der Waals surface area contributed by atoms with E-state index in [9.17, 15) is 9.59 Å². The number of hydrogen-bond donors (Lipinski definition) is 1. The minimum atomic E-state index is -0.221. The first-order valence-electron chi connectivity index (χ1n) is 9.00. The predicted molar refractivity (Wildman–Crippen MR) is 98.6 cm³/mol. The summed E-state index contributed by atoms with van der Waals surface area (Å²) in [6.07, 6.45) is 2.45. The fourth-order valence-electron chi connectivity index (χ4n) is 3.34. The van der Waals surface area contributed by atoms with Gasteiger partial charge in [-0.2, -0.15) is 5.10 Å². The first kappa shape index (κ1) is 17.6. The Morgan fingerprint density at radius 2 is 1.92 bits per heavy atom. The fraction of sp³-hybridized carbons (Fsp3) is 0.526. The van der Waals surface area contributed by atoms with Crippen LogP contribution in [0.5, 0.6) is 0 Å². The van der Waals surface area contributed by atoms with Crippen LogP contribution in [-0.4, -0.2) is 46.8 Å². The van der Waals surface area contributed by atoms with Crippen molar-refractivity contribution in [3.8, 4) is 0 Å². The lowest BCUT2D eigenvalue weighted by Gasteiger charge is -2.30. The van der Waals surface area contributed by atoms with Crippen molar-refractivity contribution in [3.05, 3.63) is 40.3 Å². The predicted octanol–water partition coefficient (Wildman–Crippen LogP) is 1.55. The van der Waals surface area contributed by atoms with Gasteiger partial charge in [-0.1, -0.05) is 25.1 Å². The van der Waals surface area contributed by atoms with Gasteiger partial charge in [0.2, 0.25) is 5.91 Å². The number of nitrogens with zero attached hydrogens (tertiary/aromatic N) is 3. The van der Waals surface area contributed by atoms with Crippen molar-refractivity contribution in [3.63, 3.8) is 0 Å². The molecule has 0 aliphatic carbocycles. The Bertz CT molecular complexity index is 807. The van der Waals surface area contributed by atoms with Gasteiger partial charge in [0.05, 0.1) is 11.1 Å². The average molecular weight is 342 g/mol. The van der Waals surface area contributed by atoms with Gasteiger partial charge in [0.1, 0.15) is 6.54 Å². The standard InChI is InChI=1S/C19H26N4O2/c1-14-7-10-22(11-8-14)12-9-20-18(24)13-23-19(25)17-6-4-3-5-16(17)15(2)21-23/h3-6,14H,7-13H2,1-2H3,(H,20,24). The molecule has 0 unspecified atom stereocenters. The van der Waals surface area contributed by atoms with E-state index in [1.165, 1.54) is 17.5 Å². The summed E-state index contributed by atoms with van der Waals surface area (Å²) in [5, 5.41) is 8.62. The molecule has 6 heteroatoms. The first-order chi connectivity index (χ1) is 12.0. The molecule has 2 aromatic rings. The van der Waals surface area contributed by atoms with Crippen molar-refractivity contribution >= 4 is 16.7 Å². The molecule has 1 amide bonds. The second-order valence-electron chi connectivity index (χ2n) is 6.97. The zero-order chi connectivity index (χ0) is 17.8. The Hall–Kier alpha value is -2.21. The third-order valence-electron chi connectivity index (χ3n) is 4.97. The Balaban J connectivity index is 1.57. The number of amides is 1. The molecule has 0 saturated carbocycles. The average Bonchev–Trinajstić information content (AvgIpc) is 2.61. The summed E-state index contributed by atoms with van der Waals surface area (Å²) in [7, 11) is 0. The Morgan fingerprint density at radius 3 is 2.64 bits per heavy atom. The van der Waals surface area contributed by atoms with Gasteiger partial charge in [-0.25, -0.2) is 4.68 Å². The quantitative estimate of drug-likeness (QED) is 0.895. The molecule has 0 radical (unpaired) electrons. The molecule has 0 bridgehead atoms. The second kappa shape index (κ2) is 7.78. The van der Waals surface area contributed by atoms with E-state index in [0.717, 1.165) is 36.6 Å². The van der Waals surface area contributed by atoms with Gasteiger partial charge in [0.25, 0.3) is 5.56 Å². The van der Waals surface area contributed by atoms with Crippen molar-refractivity contribution < 1.29 is 4.79 Å². The highest BCUT2D eigenvalue weighted by Gasteiger charge is 2.15. The van der Waals surface area contributed by atoms with Gasteiger partial charge < -0.3 is 10.2 Å². The third-order valence-corrected chi connectivity index (χ3v) is 4.97. The number of piperidine rings is 1. The highest BCUT2D eigenvalue weighted by molar-refractivity contribution is 5.83. The molecule has 0 spiro atoms. The Morgan fingerprint density at radius 1 is 1.24 bits per heavy atom. The maximum atomic E-state index is 12.5. The molecule has 3 rings (SSSR count). The van der Waals surface area contributed by atoms with E-state index in [1.54, 1.807) is 6.07 Å². The molecule has 2 heterocycles. The molecule has 1 aliphatic rings. The van der Waals surface area contributed by atoms with E-state index < -0.39 is 0 Å². The van der Waals surface area contributed by atoms with Crippen molar-refractivity contribution in [2.75, 3.05) is 26.2 Å². The van der Waals surface area contributed by atoms with E-state index in [1.807, 2.05) is 25.1 Å². The van der Waals surface area contributed by atoms with Crippen molar-refractivity contribution in [2.24, 2.45) is 5.92 Å². The molecule has 1 aromatic heterocycles. The third kappa shape index (κ3) is 4.25. The number of carbonyl (C=O) groups is 1. The molecule has 1 saturated heterocycles. The topological polar surface area (TPSA) is 67.2 Å². The summed E-state index contributed by atoms with van der Waals surface area (Å²) < 4.78 is 1.26. The second-order valence-corrected chi connectivity index (χ2v) is 6.97. The normalized spacial score (nSPS) is 16.2. The molecule has 1 N–H and O–H groups in total. The summed E-state index contributed by atoms with van der Waals surface area (Å²) in [6, 6.07) is 7.36. The van der Waals surface area contributed by atoms with Crippen molar-refractivity contribution in [1.82, 2.24) is 20.0 Å². The van der Waals surface area contributed by atoms with Crippen LogP contribution in [0.1, 0.15) is 25.5 Å². The summed E-state index contributed by atoms with van der Waals surface area (Å²) in [4.78, 5) is 27.0. The molecule has 1 aliphatic heterocycles. The van der Waals surface area contributed by atoms with E-state index in [4.69, 9.17) is 0 Å². The summed E-state index contributed by atoms with van der Waals surface area (Å²) in [5.74, 6) is 0.634. The van der Waals surface area contributed by atoms with Gasteiger partial charge in [0, 0.05) is 18.5 Å². The lowest BCUT2D eigenvalue weighted by Crippen LogP contribution is -2.41. The van der Waals surface area contributed by atoms with Crippen LogP contribution in [0.15, 0.2) is 29.1 Å². The summed E-state index contributed by atoms with van der Waals surface area (Å²) in [6.45, 7) is 7.76. The minimum Gasteiger partial charge on any atom is -0.353 e. The number of aromatic nitrogens is 2. The molecule has 1 fully saturated rings. The molecular weight excluding hydrogens is 316 g/mol. The monoisotopic (exact) mass is 342 g/mol. The number of hydrogen-bond acceptors (Lipinski definition) is 4. The molecule has 6 nitrogen and oxygen atoms in total. The van der Waals surface area contributed by atoms with Gasteiger partial charge in [-0.3, -0.25) is 9.59 Å². The maximum absolute atomic E-state index is 12.5. The van der Waals surface area contributed by atoms with Crippen LogP contribution in [0.4, 0.5) is 0 Å². The molecule has 1 aromatic carbocycles. The molecule has 134 valence electrons. The van der Waals surface area contributed by atoms with E-state index in [-0.39, 0.29) is 18.0 Å². The Labute approximate surface area is 147 Å². The van der Waals surface area contributed by atoms with E-state index in [2.05, 4.69) is 22.2 Å². The van der Waals surface area contributed by atoms with Crippen molar-refractivity contribution in [1.29, 1.82) is 0 Å². The van der Waals surface area contributed by atoms with Crippen LogP contribution in [0, 0.1) is 12.8 Å². The first-order valence-corrected chi connectivity index (χ1v) is 9.00. The number of likely N-dealkylation sites (tertiary alicyclic amines) is 1. The number of carbonyl (C=O) groups excluding carboxylic acids is 1. The minimum absolute atomic E-state index is 0.0401. The number of fused-ring (bicyclic) bond motifs is 1. The lowest BCUT2D eigenvalue weighted by molar-refractivity contribution is -0.122. The van der Waals surface area contributed by atoms with Gasteiger partial charge >= 0.3 is 0 Å². The Kier molecular flexibility index (Phi) is 5.48. The van der Waals surface area contributed by atoms with Crippen LogP contribution >= 0.6 is 0 Å². The smallest absolute Gasteiger partial charge is 0.275 e. The van der Waals surface area contributed by atoms with Crippen LogP contribution in [-0.2, 0) is 11.3 Å².